The first kappa shape index (κ1) is 17.2. The van der Waals surface area contributed by atoms with E-state index >= 15 is 0 Å². The molecule has 0 amide bonds. The van der Waals surface area contributed by atoms with Gasteiger partial charge in [-0.3, -0.25) is 0 Å². The van der Waals surface area contributed by atoms with Crippen LogP contribution in [0.2, 0.25) is 0 Å². The van der Waals surface area contributed by atoms with E-state index in [0.717, 1.165) is 12.8 Å². The van der Waals surface area contributed by atoms with E-state index < -0.39 is 15.8 Å². The molecule has 0 bridgehead atoms. The standard InChI is InChI=1S/C14H19BrO4S/c1-4-5-9(2)8-20(18,19)13-7-11(14(16)17)6-12(15)10(13)3/h6-7,9H,4-5,8H2,1-3H3,(H,16,17). The summed E-state index contributed by atoms with van der Waals surface area (Å²) < 4.78 is 25.4. The highest BCUT2D eigenvalue weighted by molar-refractivity contribution is 9.10. The second-order valence-electron chi connectivity index (χ2n) is 5.06. The van der Waals surface area contributed by atoms with E-state index in [9.17, 15) is 13.2 Å². The van der Waals surface area contributed by atoms with E-state index in [1.807, 2.05) is 13.8 Å². The highest BCUT2D eigenvalue weighted by Gasteiger charge is 2.23. The van der Waals surface area contributed by atoms with E-state index in [1.54, 1.807) is 6.92 Å². The third kappa shape index (κ3) is 4.06. The number of hydrogen-bond donors (Lipinski definition) is 1. The van der Waals surface area contributed by atoms with Crippen LogP contribution in [0.15, 0.2) is 21.5 Å². The van der Waals surface area contributed by atoms with Gasteiger partial charge >= 0.3 is 5.97 Å². The largest absolute Gasteiger partial charge is 0.478 e. The van der Waals surface area contributed by atoms with Gasteiger partial charge in [0.15, 0.2) is 9.84 Å². The molecule has 1 unspecified atom stereocenters. The van der Waals surface area contributed by atoms with Crippen LogP contribution >= 0.6 is 15.9 Å². The van der Waals surface area contributed by atoms with E-state index in [0.29, 0.717) is 10.0 Å². The van der Waals surface area contributed by atoms with E-state index in [-0.39, 0.29) is 22.1 Å². The van der Waals surface area contributed by atoms with Crippen LogP contribution in [0.25, 0.3) is 0 Å². The molecule has 6 heteroatoms. The van der Waals surface area contributed by atoms with Gasteiger partial charge in [0.2, 0.25) is 0 Å². The average molecular weight is 363 g/mol. The summed E-state index contributed by atoms with van der Waals surface area (Å²) in [6.07, 6.45) is 1.76. The number of rotatable bonds is 6. The molecule has 0 aromatic heterocycles. The topological polar surface area (TPSA) is 71.4 Å². The number of aromatic carboxylic acids is 1. The molecule has 0 spiro atoms. The zero-order valence-corrected chi connectivity index (χ0v) is 14.2. The summed E-state index contributed by atoms with van der Waals surface area (Å²) in [4.78, 5) is 11.2. The Kier molecular flexibility index (Phi) is 5.77. The zero-order chi connectivity index (χ0) is 15.5. The van der Waals surface area contributed by atoms with Crippen LogP contribution in [0.3, 0.4) is 0 Å². The Balaban J connectivity index is 3.27. The SMILES string of the molecule is CCCC(C)CS(=O)(=O)c1cc(C(=O)O)cc(Br)c1C. The molecular formula is C14H19BrO4S. The van der Waals surface area contributed by atoms with Crippen molar-refractivity contribution in [3.05, 3.63) is 27.7 Å². The number of hydrogen-bond acceptors (Lipinski definition) is 3. The summed E-state index contributed by atoms with van der Waals surface area (Å²) in [5.41, 5.74) is 0.530. The molecule has 0 aliphatic heterocycles. The van der Waals surface area contributed by atoms with Gasteiger partial charge in [0, 0.05) is 4.47 Å². The molecule has 1 atom stereocenters. The van der Waals surface area contributed by atoms with Crippen LogP contribution in [-0.2, 0) is 9.84 Å². The van der Waals surface area contributed by atoms with Gasteiger partial charge in [0.05, 0.1) is 16.2 Å². The van der Waals surface area contributed by atoms with Gasteiger partial charge in [-0.2, -0.15) is 0 Å². The van der Waals surface area contributed by atoms with Gasteiger partial charge in [-0.1, -0.05) is 36.2 Å². The Bertz CT molecular complexity index is 608. The van der Waals surface area contributed by atoms with Crippen LogP contribution in [0.4, 0.5) is 0 Å². The molecular weight excluding hydrogens is 344 g/mol. The highest BCUT2D eigenvalue weighted by atomic mass is 79.9. The number of carboxylic acid groups (broad SMARTS) is 1. The fraction of sp³-hybridized carbons (Fsp3) is 0.500. The van der Waals surface area contributed by atoms with Gasteiger partial charge in [0.25, 0.3) is 0 Å². The molecule has 0 saturated carbocycles. The molecule has 1 N–H and O–H groups in total. The van der Waals surface area contributed by atoms with Crippen molar-refractivity contribution in [1.29, 1.82) is 0 Å². The lowest BCUT2D eigenvalue weighted by atomic mass is 10.1. The minimum absolute atomic E-state index is 0.0239. The van der Waals surface area contributed by atoms with Gasteiger partial charge in [-0.05, 0) is 37.0 Å². The van der Waals surface area contributed by atoms with Crippen LogP contribution in [0.1, 0.15) is 42.6 Å². The minimum atomic E-state index is -3.48. The molecule has 0 heterocycles. The average Bonchev–Trinajstić information content (AvgIpc) is 2.31. The van der Waals surface area contributed by atoms with Gasteiger partial charge in [0.1, 0.15) is 0 Å². The molecule has 20 heavy (non-hydrogen) atoms. The number of sulfone groups is 1. The lowest BCUT2D eigenvalue weighted by Crippen LogP contribution is -2.16. The Morgan fingerprint density at radius 2 is 2.00 bits per heavy atom. The predicted octanol–water partition coefficient (Wildman–Crippen LogP) is 3.67. The fourth-order valence-electron chi connectivity index (χ4n) is 2.14. The van der Waals surface area contributed by atoms with Crippen molar-refractivity contribution < 1.29 is 18.3 Å². The number of carbonyl (C=O) groups is 1. The van der Waals surface area contributed by atoms with Crippen LogP contribution in [0.5, 0.6) is 0 Å². The second kappa shape index (κ2) is 6.72. The van der Waals surface area contributed by atoms with Gasteiger partial charge < -0.3 is 5.11 Å². The molecule has 1 aromatic rings. The molecule has 0 aliphatic carbocycles. The lowest BCUT2D eigenvalue weighted by molar-refractivity contribution is 0.0696. The van der Waals surface area contributed by atoms with Gasteiger partial charge in [-0.15, -0.1) is 0 Å². The maximum Gasteiger partial charge on any atom is 0.335 e. The maximum absolute atomic E-state index is 12.5. The summed E-state index contributed by atoms with van der Waals surface area (Å²) in [6, 6.07) is 2.67. The molecule has 4 nitrogen and oxygen atoms in total. The minimum Gasteiger partial charge on any atom is -0.478 e. The lowest BCUT2D eigenvalue weighted by Gasteiger charge is -2.14. The molecule has 1 rings (SSSR count). The summed E-state index contributed by atoms with van der Waals surface area (Å²) in [5, 5.41) is 9.04. The first-order valence-corrected chi connectivity index (χ1v) is 8.89. The van der Waals surface area contributed by atoms with E-state index in [2.05, 4.69) is 15.9 Å². The Morgan fingerprint density at radius 1 is 1.40 bits per heavy atom. The fourth-order valence-corrected chi connectivity index (χ4v) is 4.71. The number of carboxylic acids is 1. The molecule has 1 aromatic carbocycles. The molecule has 112 valence electrons. The van der Waals surface area contributed by atoms with Crippen molar-refractivity contribution in [1.82, 2.24) is 0 Å². The van der Waals surface area contributed by atoms with Crippen molar-refractivity contribution in [3.8, 4) is 0 Å². The summed E-state index contributed by atoms with van der Waals surface area (Å²) in [6.45, 7) is 5.58. The number of halogens is 1. The van der Waals surface area contributed by atoms with Crippen LogP contribution in [-0.4, -0.2) is 25.2 Å². The molecule has 0 radical (unpaired) electrons. The summed E-state index contributed by atoms with van der Waals surface area (Å²) in [5.74, 6) is -1.04. The molecule has 0 aliphatic rings. The van der Waals surface area contributed by atoms with Gasteiger partial charge in [-0.25, -0.2) is 13.2 Å². The van der Waals surface area contributed by atoms with Crippen molar-refractivity contribution in [2.75, 3.05) is 5.75 Å². The highest BCUT2D eigenvalue weighted by Crippen LogP contribution is 2.28. The third-order valence-corrected chi connectivity index (χ3v) is 6.09. The van der Waals surface area contributed by atoms with Crippen molar-refractivity contribution in [2.45, 2.75) is 38.5 Å². The summed E-state index contributed by atoms with van der Waals surface area (Å²) in [7, 11) is -3.48. The summed E-state index contributed by atoms with van der Waals surface area (Å²) >= 11 is 3.23. The molecule has 0 saturated heterocycles. The Labute approximate surface area is 128 Å². The smallest absolute Gasteiger partial charge is 0.335 e. The monoisotopic (exact) mass is 362 g/mol. The predicted molar refractivity (Wildman–Crippen MR) is 82.0 cm³/mol. The van der Waals surface area contributed by atoms with E-state index in [4.69, 9.17) is 5.11 Å². The second-order valence-corrected chi connectivity index (χ2v) is 7.92. The third-order valence-electron chi connectivity index (χ3n) is 3.16. The van der Waals surface area contributed by atoms with Crippen LogP contribution in [0, 0.1) is 12.8 Å². The first-order valence-electron chi connectivity index (χ1n) is 6.45. The zero-order valence-electron chi connectivity index (χ0n) is 11.8. The Morgan fingerprint density at radius 3 is 2.50 bits per heavy atom. The van der Waals surface area contributed by atoms with Crippen molar-refractivity contribution >= 4 is 31.7 Å². The molecule has 0 fully saturated rings. The van der Waals surface area contributed by atoms with Crippen molar-refractivity contribution in [2.24, 2.45) is 5.92 Å². The quantitative estimate of drug-likeness (QED) is 0.837. The maximum atomic E-state index is 12.5. The van der Waals surface area contributed by atoms with E-state index in [1.165, 1.54) is 12.1 Å². The normalized spacial score (nSPS) is 13.2. The van der Waals surface area contributed by atoms with Crippen LogP contribution < -0.4 is 0 Å². The van der Waals surface area contributed by atoms with Crippen molar-refractivity contribution in [3.63, 3.8) is 0 Å². The first-order chi connectivity index (χ1) is 9.19. The number of benzene rings is 1. The Hall–Kier alpha value is -0.880.